The van der Waals surface area contributed by atoms with Crippen LogP contribution in [0.3, 0.4) is 0 Å². The van der Waals surface area contributed by atoms with Crippen molar-refractivity contribution >= 4 is 44.4 Å². The number of nitrogens with one attached hydrogen (secondary N) is 2. The van der Waals surface area contributed by atoms with Gasteiger partial charge in [0.2, 0.25) is 10.0 Å². The third kappa shape index (κ3) is 5.08. The fraction of sp³-hybridized carbons (Fsp3) is 0.154. The van der Waals surface area contributed by atoms with Crippen LogP contribution in [0.4, 0.5) is 17.1 Å². The first kappa shape index (κ1) is 25.4. The van der Waals surface area contributed by atoms with E-state index in [1.54, 1.807) is 30.5 Å². The summed E-state index contributed by atoms with van der Waals surface area (Å²) in [7, 11) is -3.43. The zero-order chi connectivity index (χ0) is 27.0. The van der Waals surface area contributed by atoms with Crippen LogP contribution in [0.5, 0.6) is 0 Å². The molecule has 10 nitrogen and oxygen atoms in total. The van der Waals surface area contributed by atoms with Gasteiger partial charge in [-0.25, -0.2) is 8.42 Å². The van der Waals surface area contributed by atoms with Crippen molar-refractivity contribution in [2.45, 2.75) is 19.0 Å². The SMILES string of the molecule is Cc1cc(N2C(=S)N[C@H](c3ccccn3)[C@H]2c2ccc(-c3ccc([N+](=O)[O-])cc3)o2)ccc1NS(C)(=O)=O. The fourth-order valence-electron chi connectivity index (χ4n) is 4.45. The average molecular weight is 550 g/mol. The first-order chi connectivity index (χ1) is 18.1. The molecule has 2 N–H and O–H groups in total. The molecule has 38 heavy (non-hydrogen) atoms. The molecule has 0 saturated carbocycles. The lowest BCUT2D eigenvalue weighted by Gasteiger charge is -2.26. The van der Waals surface area contributed by atoms with Crippen molar-refractivity contribution < 1.29 is 17.8 Å². The van der Waals surface area contributed by atoms with Gasteiger partial charge in [0.15, 0.2) is 5.11 Å². The van der Waals surface area contributed by atoms with Crippen LogP contribution in [0, 0.1) is 17.0 Å². The number of aromatic nitrogens is 1. The van der Waals surface area contributed by atoms with Gasteiger partial charge in [-0.05, 0) is 79.3 Å². The van der Waals surface area contributed by atoms with E-state index >= 15 is 0 Å². The topological polar surface area (TPSA) is 131 Å². The summed E-state index contributed by atoms with van der Waals surface area (Å²) in [4.78, 5) is 17.0. The van der Waals surface area contributed by atoms with E-state index in [9.17, 15) is 18.5 Å². The van der Waals surface area contributed by atoms with Crippen molar-refractivity contribution in [3.8, 4) is 11.3 Å². The Hall–Kier alpha value is -4.29. The van der Waals surface area contributed by atoms with Gasteiger partial charge in [-0.15, -0.1) is 0 Å². The maximum Gasteiger partial charge on any atom is 0.269 e. The second kappa shape index (κ2) is 9.88. The number of hydrogen-bond donors (Lipinski definition) is 2. The summed E-state index contributed by atoms with van der Waals surface area (Å²) < 4.78 is 32.3. The summed E-state index contributed by atoms with van der Waals surface area (Å²) in [5.41, 5.74) is 3.41. The zero-order valence-corrected chi connectivity index (χ0v) is 22.0. The number of nitrogens with zero attached hydrogens (tertiary/aromatic N) is 3. The minimum Gasteiger partial charge on any atom is -0.459 e. The maximum atomic E-state index is 11.7. The number of benzene rings is 2. The number of hydrogen-bond acceptors (Lipinski definition) is 7. The second-order valence-corrected chi connectivity index (χ2v) is 11.0. The molecule has 0 radical (unpaired) electrons. The average Bonchev–Trinajstić information content (AvgIpc) is 3.50. The summed E-state index contributed by atoms with van der Waals surface area (Å²) in [6, 6.07) is 20.0. The van der Waals surface area contributed by atoms with Gasteiger partial charge in [-0.2, -0.15) is 0 Å². The quantitative estimate of drug-likeness (QED) is 0.183. The standard InChI is InChI=1S/C26H23N5O5S2/c1-16-15-19(10-11-20(16)29-38(2,34)35)30-25(24(28-26(30)37)21-5-3-4-14-27-21)23-13-12-22(36-23)17-6-8-18(9-7-17)31(32)33/h3-15,24-25,29H,1-2H3,(H,28,37)/t24-,25-/m1/s1. The normalized spacial score (nSPS) is 17.3. The lowest BCUT2D eigenvalue weighted by atomic mass is 10.0. The number of anilines is 2. The molecule has 1 aliphatic rings. The number of sulfonamides is 1. The van der Waals surface area contributed by atoms with Crippen LogP contribution in [0.2, 0.25) is 0 Å². The molecule has 0 amide bonds. The van der Waals surface area contributed by atoms with Gasteiger partial charge in [0.25, 0.3) is 5.69 Å². The zero-order valence-electron chi connectivity index (χ0n) is 20.4. The number of non-ortho nitro benzene ring substituents is 1. The van der Waals surface area contributed by atoms with E-state index in [0.717, 1.165) is 23.2 Å². The van der Waals surface area contributed by atoms with Gasteiger partial charge >= 0.3 is 0 Å². The summed E-state index contributed by atoms with van der Waals surface area (Å²) in [6.45, 7) is 1.81. The van der Waals surface area contributed by atoms with Crippen molar-refractivity contribution in [1.82, 2.24) is 10.3 Å². The minimum absolute atomic E-state index is 0.00329. The maximum absolute atomic E-state index is 11.7. The Morgan fingerprint density at radius 2 is 1.87 bits per heavy atom. The van der Waals surface area contributed by atoms with Crippen LogP contribution in [0.25, 0.3) is 11.3 Å². The van der Waals surface area contributed by atoms with E-state index in [2.05, 4.69) is 15.0 Å². The molecule has 1 aliphatic heterocycles. The van der Waals surface area contributed by atoms with E-state index in [1.807, 2.05) is 48.2 Å². The lowest BCUT2D eigenvalue weighted by Crippen LogP contribution is -2.29. The number of nitro benzene ring substituents is 1. The molecule has 5 rings (SSSR count). The molecule has 0 unspecified atom stereocenters. The highest BCUT2D eigenvalue weighted by Crippen LogP contribution is 2.43. The Morgan fingerprint density at radius 3 is 2.50 bits per heavy atom. The molecule has 0 spiro atoms. The predicted octanol–water partition coefficient (Wildman–Crippen LogP) is 5.11. The van der Waals surface area contributed by atoms with Crippen LogP contribution in [0.15, 0.2) is 83.4 Å². The molecule has 0 aliphatic carbocycles. The molecule has 4 aromatic rings. The van der Waals surface area contributed by atoms with Crippen LogP contribution in [0.1, 0.15) is 29.1 Å². The predicted molar refractivity (Wildman–Crippen MR) is 148 cm³/mol. The van der Waals surface area contributed by atoms with Crippen molar-refractivity contribution in [3.05, 3.63) is 106 Å². The van der Waals surface area contributed by atoms with Gasteiger partial charge in [-0.1, -0.05) is 6.07 Å². The number of rotatable bonds is 7. The molecule has 2 aromatic carbocycles. The Balaban J connectivity index is 1.56. The molecule has 194 valence electrons. The number of pyridine rings is 1. The third-order valence-corrected chi connectivity index (χ3v) is 7.07. The fourth-order valence-corrected chi connectivity index (χ4v) is 5.42. The van der Waals surface area contributed by atoms with E-state index in [4.69, 9.17) is 16.6 Å². The minimum atomic E-state index is -3.43. The smallest absolute Gasteiger partial charge is 0.269 e. The highest BCUT2D eigenvalue weighted by atomic mass is 32.2. The van der Waals surface area contributed by atoms with Gasteiger partial charge in [0, 0.05) is 29.6 Å². The van der Waals surface area contributed by atoms with Crippen LogP contribution in [-0.2, 0) is 10.0 Å². The van der Waals surface area contributed by atoms with E-state index in [-0.39, 0.29) is 11.7 Å². The molecular formula is C26H23N5O5S2. The van der Waals surface area contributed by atoms with Crippen LogP contribution >= 0.6 is 12.2 Å². The molecule has 1 saturated heterocycles. The number of furan rings is 1. The number of nitro groups is 1. The first-order valence-corrected chi connectivity index (χ1v) is 13.8. The van der Waals surface area contributed by atoms with Crippen molar-refractivity contribution in [2.75, 3.05) is 15.9 Å². The monoisotopic (exact) mass is 549 g/mol. The largest absolute Gasteiger partial charge is 0.459 e. The van der Waals surface area contributed by atoms with Gasteiger partial charge in [0.1, 0.15) is 17.6 Å². The molecular weight excluding hydrogens is 526 g/mol. The molecule has 2 atom stereocenters. The Kier molecular flexibility index (Phi) is 6.59. The van der Waals surface area contributed by atoms with Crippen LogP contribution in [-0.4, -0.2) is 29.7 Å². The first-order valence-electron chi connectivity index (χ1n) is 11.5. The van der Waals surface area contributed by atoms with Crippen molar-refractivity contribution in [3.63, 3.8) is 0 Å². The van der Waals surface area contributed by atoms with Crippen molar-refractivity contribution in [2.24, 2.45) is 0 Å². The van der Waals surface area contributed by atoms with Gasteiger partial charge in [-0.3, -0.25) is 19.8 Å². The summed E-state index contributed by atoms with van der Waals surface area (Å²) in [6.07, 6.45) is 2.81. The van der Waals surface area contributed by atoms with E-state index in [0.29, 0.717) is 27.9 Å². The molecule has 1 fully saturated rings. The van der Waals surface area contributed by atoms with Gasteiger partial charge in [0.05, 0.1) is 28.6 Å². The van der Waals surface area contributed by atoms with E-state index in [1.165, 1.54) is 12.1 Å². The number of aryl methyl sites for hydroxylation is 1. The molecule has 2 aromatic heterocycles. The second-order valence-electron chi connectivity index (χ2n) is 8.88. The highest BCUT2D eigenvalue weighted by Gasteiger charge is 2.42. The molecule has 12 heteroatoms. The Morgan fingerprint density at radius 1 is 1.11 bits per heavy atom. The van der Waals surface area contributed by atoms with E-state index < -0.39 is 21.0 Å². The highest BCUT2D eigenvalue weighted by molar-refractivity contribution is 7.92. The Labute approximate surface area is 224 Å². The summed E-state index contributed by atoms with van der Waals surface area (Å²) >= 11 is 5.75. The van der Waals surface area contributed by atoms with Crippen molar-refractivity contribution in [1.29, 1.82) is 0 Å². The number of thiocarbonyl (C=S) groups is 1. The molecule has 0 bridgehead atoms. The van der Waals surface area contributed by atoms with Crippen LogP contribution < -0.4 is 14.9 Å². The summed E-state index contributed by atoms with van der Waals surface area (Å²) in [5.74, 6) is 1.16. The summed E-state index contributed by atoms with van der Waals surface area (Å²) in [5, 5.41) is 14.8. The molecule has 3 heterocycles. The third-order valence-electron chi connectivity index (χ3n) is 6.16. The Bertz CT molecular complexity index is 1620. The van der Waals surface area contributed by atoms with Gasteiger partial charge < -0.3 is 14.6 Å². The lowest BCUT2D eigenvalue weighted by molar-refractivity contribution is -0.384.